The first kappa shape index (κ1) is 19.1. The van der Waals surface area contributed by atoms with Gasteiger partial charge in [0.05, 0.1) is 29.2 Å². The largest absolute Gasteiger partial charge is 0.369 e. The number of hydrogen-bond acceptors (Lipinski definition) is 5. The average Bonchev–Trinajstić information content (AvgIpc) is 2.77. The Hall–Kier alpha value is -2.24. The Morgan fingerprint density at radius 1 is 1.04 bits per heavy atom. The van der Waals surface area contributed by atoms with Crippen LogP contribution in [0.15, 0.2) is 12.3 Å². The number of fused-ring (bicyclic) bond motifs is 1. The van der Waals surface area contributed by atoms with E-state index < -0.39 is 0 Å². The smallest absolute Gasteiger partial charge is 0.227 e. The zero-order chi connectivity index (χ0) is 19.5. The summed E-state index contributed by atoms with van der Waals surface area (Å²) in [6.45, 7) is 7.84. The number of carbonyl (C=O) groups is 1. The molecule has 150 valence electrons. The summed E-state index contributed by atoms with van der Waals surface area (Å²) in [5.74, 6) is 0.445. The van der Waals surface area contributed by atoms with E-state index in [1.807, 2.05) is 6.20 Å². The topological polar surface area (TPSA) is 62.2 Å². The molecule has 2 aliphatic rings. The van der Waals surface area contributed by atoms with Crippen molar-refractivity contribution >= 4 is 22.8 Å². The van der Waals surface area contributed by atoms with Crippen LogP contribution in [0.1, 0.15) is 57.3 Å². The minimum Gasteiger partial charge on any atom is -0.369 e. The highest BCUT2D eigenvalue weighted by molar-refractivity contribution is 5.80. The minimum absolute atomic E-state index is 0.0994. The summed E-state index contributed by atoms with van der Waals surface area (Å²) < 4.78 is 0. The fraction of sp³-hybridized carbons (Fsp3) is 0.636. The number of likely N-dealkylation sites (tertiary alicyclic amines) is 1. The number of aromatic nitrogens is 3. The summed E-state index contributed by atoms with van der Waals surface area (Å²) >= 11 is 0. The number of carbonyl (C=O) groups excluding carboxylic acids is 1. The molecule has 0 unspecified atom stereocenters. The number of rotatable bonds is 4. The molecule has 4 rings (SSSR count). The maximum Gasteiger partial charge on any atom is 0.227 e. The minimum atomic E-state index is 0.0994. The lowest BCUT2D eigenvalue weighted by Gasteiger charge is -2.37. The summed E-state index contributed by atoms with van der Waals surface area (Å²) in [7, 11) is 0. The molecule has 0 aliphatic carbocycles. The van der Waals surface area contributed by atoms with E-state index in [0.29, 0.717) is 5.91 Å². The second kappa shape index (κ2) is 8.41. The Kier molecular flexibility index (Phi) is 5.74. The van der Waals surface area contributed by atoms with E-state index in [0.717, 1.165) is 92.9 Å². The highest BCUT2D eigenvalue weighted by atomic mass is 16.2. The molecule has 0 aromatic carbocycles. The Labute approximate surface area is 167 Å². The van der Waals surface area contributed by atoms with E-state index >= 15 is 0 Å². The van der Waals surface area contributed by atoms with E-state index in [1.165, 1.54) is 6.42 Å². The quantitative estimate of drug-likeness (QED) is 0.812. The molecule has 2 aromatic rings. The van der Waals surface area contributed by atoms with Gasteiger partial charge in [-0.15, -0.1) is 0 Å². The molecule has 6 heteroatoms. The van der Waals surface area contributed by atoms with Crippen LogP contribution in [0.3, 0.4) is 0 Å². The van der Waals surface area contributed by atoms with E-state index in [4.69, 9.17) is 9.97 Å². The van der Waals surface area contributed by atoms with Gasteiger partial charge in [0.15, 0.2) is 5.65 Å². The average molecular weight is 382 g/mol. The van der Waals surface area contributed by atoms with E-state index in [-0.39, 0.29) is 5.92 Å². The summed E-state index contributed by atoms with van der Waals surface area (Å²) in [5.41, 5.74) is 4.74. The number of anilines is 1. The second-order valence-electron chi connectivity index (χ2n) is 8.03. The predicted molar refractivity (Wildman–Crippen MR) is 111 cm³/mol. The predicted octanol–water partition coefficient (Wildman–Crippen LogP) is 3.38. The Bertz CT molecular complexity index is 846. The number of nitrogens with zero attached hydrogens (tertiary/aromatic N) is 5. The van der Waals surface area contributed by atoms with Crippen molar-refractivity contribution in [3.63, 3.8) is 0 Å². The molecule has 1 amide bonds. The molecule has 0 saturated carbocycles. The van der Waals surface area contributed by atoms with Gasteiger partial charge in [-0.2, -0.15) is 0 Å². The van der Waals surface area contributed by atoms with Gasteiger partial charge < -0.3 is 9.80 Å². The van der Waals surface area contributed by atoms with Gasteiger partial charge in [0.1, 0.15) is 5.52 Å². The van der Waals surface area contributed by atoms with Crippen LogP contribution in [-0.2, 0) is 17.6 Å². The second-order valence-corrected chi connectivity index (χ2v) is 8.03. The zero-order valence-electron chi connectivity index (χ0n) is 17.2. The molecular formula is C22H31N5O. The van der Waals surface area contributed by atoms with Crippen LogP contribution in [-0.4, -0.2) is 51.9 Å². The lowest BCUT2D eigenvalue weighted by molar-refractivity contribution is -0.136. The summed E-state index contributed by atoms with van der Waals surface area (Å²) in [5, 5.41) is 0. The van der Waals surface area contributed by atoms with Crippen molar-refractivity contribution in [1.29, 1.82) is 0 Å². The van der Waals surface area contributed by atoms with E-state index in [2.05, 4.69) is 34.7 Å². The fourth-order valence-electron chi connectivity index (χ4n) is 4.53. The van der Waals surface area contributed by atoms with E-state index in [1.54, 1.807) is 0 Å². The van der Waals surface area contributed by atoms with Crippen LogP contribution < -0.4 is 4.90 Å². The van der Waals surface area contributed by atoms with Gasteiger partial charge in [0, 0.05) is 26.2 Å². The van der Waals surface area contributed by atoms with Gasteiger partial charge in [0.2, 0.25) is 5.91 Å². The lowest BCUT2D eigenvalue weighted by atomic mass is 9.95. The monoisotopic (exact) mass is 381 g/mol. The van der Waals surface area contributed by atoms with Crippen LogP contribution in [0.5, 0.6) is 0 Å². The van der Waals surface area contributed by atoms with Crippen molar-refractivity contribution < 1.29 is 4.79 Å². The van der Waals surface area contributed by atoms with Crippen LogP contribution in [0.25, 0.3) is 11.2 Å². The number of hydrogen-bond donors (Lipinski definition) is 0. The van der Waals surface area contributed by atoms with Crippen molar-refractivity contribution in [2.24, 2.45) is 5.92 Å². The van der Waals surface area contributed by atoms with Crippen molar-refractivity contribution in [2.45, 2.75) is 58.8 Å². The third-order valence-electron chi connectivity index (χ3n) is 6.14. The molecule has 2 saturated heterocycles. The fourth-order valence-corrected chi connectivity index (χ4v) is 4.53. The maximum absolute atomic E-state index is 13.0. The van der Waals surface area contributed by atoms with Crippen LogP contribution in [0, 0.1) is 5.92 Å². The van der Waals surface area contributed by atoms with Gasteiger partial charge >= 0.3 is 0 Å². The standard InChI is InChI=1S/C22H31N5O/c1-3-18-19(4-2)25-21-20(24-18)13-17(14-23-21)27-12-8-9-16(15-27)22(28)26-10-6-5-7-11-26/h13-14,16H,3-12,15H2,1-2H3/t16-/m0/s1. The van der Waals surface area contributed by atoms with Crippen molar-refractivity contribution in [2.75, 3.05) is 31.1 Å². The van der Waals surface area contributed by atoms with Crippen LogP contribution >= 0.6 is 0 Å². The molecule has 2 fully saturated rings. The SMILES string of the molecule is CCc1nc2cc(N3CCC[C@H](C(=O)N4CCCCC4)C3)cnc2nc1CC. The molecule has 28 heavy (non-hydrogen) atoms. The van der Waals surface area contributed by atoms with Crippen molar-refractivity contribution in [3.05, 3.63) is 23.7 Å². The summed E-state index contributed by atoms with van der Waals surface area (Å²) in [6.07, 6.45) is 9.24. The number of pyridine rings is 1. The van der Waals surface area contributed by atoms with Crippen molar-refractivity contribution in [3.8, 4) is 0 Å². The molecule has 2 aliphatic heterocycles. The molecule has 0 spiro atoms. The van der Waals surface area contributed by atoms with Crippen LogP contribution in [0.4, 0.5) is 5.69 Å². The summed E-state index contributed by atoms with van der Waals surface area (Å²) in [4.78, 5) is 31.5. The molecule has 6 nitrogen and oxygen atoms in total. The van der Waals surface area contributed by atoms with Gasteiger partial charge in [-0.25, -0.2) is 15.0 Å². The third kappa shape index (κ3) is 3.82. The Balaban J connectivity index is 1.54. The summed E-state index contributed by atoms with van der Waals surface area (Å²) in [6, 6.07) is 2.10. The molecular weight excluding hydrogens is 350 g/mol. The first-order valence-electron chi connectivity index (χ1n) is 10.9. The molecule has 0 radical (unpaired) electrons. The third-order valence-corrected chi connectivity index (χ3v) is 6.14. The highest BCUT2D eigenvalue weighted by Gasteiger charge is 2.30. The molecule has 4 heterocycles. The van der Waals surface area contributed by atoms with Gasteiger partial charge in [-0.3, -0.25) is 4.79 Å². The van der Waals surface area contributed by atoms with E-state index in [9.17, 15) is 4.79 Å². The Morgan fingerprint density at radius 2 is 1.79 bits per heavy atom. The molecule has 2 aromatic heterocycles. The first-order chi connectivity index (χ1) is 13.7. The normalized spacial score (nSPS) is 20.6. The first-order valence-corrected chi connectivity index (χ1v) is 10.9. The molecule has 0 bridgehead atoms. The number of piperidine rings is 2. The number of aryl methyl sites for hydroxylation is 2. The lowest BCUT2D eigenvalue weighted by Crippen LogP contribution is -2.46. The van der Waals surface area contributed by atoms with Gasteiger partial charge in [-0.1, -0.05) is 13.8 Å². The Morgan fingerprint density at radius 3 is 2.54 bits per heavy atom. The van der Waals surface area contributed by atoms with Gasteiger partial charge in [0.25, 0.3) is 0 Å². The van der Waals surface area contributed by atoms with Crippen molar-refractivity contribution in [1.82, 2.24) is 19.9 Å². The van der Waals surface area contributed by atoms with Crippen LogP contribution in [0.2, 0.25) is 0 Å². The number of amides is 1. The maximum atomic E-state index is 13.0. The molecule has 0 N–H and O–H groups in total. The van der Waals surface area contributed by atoms with Gasteiger partial charge in [-0.05, 0) is 51.0 Å². The highest BCUT2D eigenvalue weighted by Crippen LogP contribution is 2.27. The zero-order valence-corrected chi connectivity index (χ0v) is 17.2. The molecule has 1 atom stereocenters.